The standard InChI is InChI=1S/C16H21N3OS/c1-12-18-14(11-21-12)10-19(3)16(20)15-7-5-4-6-13(15)8-9-17-2/h4-7,11,17H,8-10H2,1-3H3. The van der Waals surface area contributed by atoms with Gasteiger partial charge in [-0.3, -0.25) is 4.79 Å². The van der Waals surface area contributed by atoms with Gasteiger partial charge < -0.3 is 10.2 Å². The van der Waals surface area contributed by atoms with Crippen molar-refractivity contribution in [3.05, 3.63) is 51.5 Å². The van der Waals surface area contributed by atoms with Crippen LogP contribution in [0.15, 0.2) is 29.6 Å². The summed E-state index contributed by atoms with van der Waals surface area (Å²) in [6, 6.07) is 7.81. The molecule has 2 aromatic rings. The van der Waals surface area contributed by atoms with Crippen LogP contribution in [0.3, 0.4) is 0 Å². The Labute approximate surface area is 129 Å². The maximum atomic E-state index is 12.6. The number of hydrogen-bond donors (Lipinski definition) is 1. The first-order chi connectivity index (χ1) is 10.1. The van der Waals surface area contributed by atoms with Gasteiger partial charge in [0.2, 0.25) is 0 Å². The minimum atomic E-state index is 0.0485. The van der Waals surface area contributed by atoms with Crippen molar-refractivity contribution in [1.29, 1.82) is 0 Å². The zero-order chi connectivity index (χ0) is 15.2. The predicted octanol–water partition coefficient (Wildman–Crippen LogP) is 2.49. The Balaban J connectivity index is 2.11. The van der Waals surface area contributed by atoms with E-state index in [1.165, 1.54) is 0 Å². The quantitative estimate of drug-likeness (QED) is 0.892. The van der Waals surface area contributed by atoms with E-state index in [0.717, 1.165) is 34.8 Å². The molecule has 1 N–H and O–H groups in total. The van der Waals surface area contributed by atoms with Crippen molar-refractivity contribution in [2.75, 3.05) is 20.6 Å². The largest absolute Gasteiger partial charge is 0.336 e. The first-order valence-corrected chi connectivity index (χ1v) is 7.88. The van der Waals surface area contributed by atoms with Gasteiger partial charge in [-0.2, -0.15) is 0 Å². The summed E-state index contributed by atoms with van der Waals surface area (Å²) >= 11 is 1.61. The normalized spacial score (nSPS) is 10.6. The topological polar surface area (TPSA) is 45.2 Å². The monoisotopic (exact) mass is 303 g/mol. The highest BCUT2D eigenvalue weighted by Gasteiger charge is 2.16. The lowest BCUT2D eigenvalue weighted by Gasteiger charge is -2.18. The molecule has 5 heteroatoms. The van der Waals surface area contributed by atoms with Crippen molar-refractivity contribution >= 4 is 17.2 Å². The third-order valence-electron chi connectivity index (χ3n) is 3.30. The number of aryl methyl sites for hydroxylation is 1. The molecule has 1 aromatic carbocycles. The molecule has 0 bridgehead atoms. The second kappa shape index (κ2) is 7.33. The zero-order valence-corrected chi connectivity index (χ0v) is 13.5. The van der Waals surface area contributed by atoms with Crippen molar-refractivity contribution in [2.24, 2.45) is 0 Å². The molecule has 0 saturated carbocycles. The Kier molecular flexibility index (Phi) is 5.47. The molecule has 0 aliphatic heterocycles. The number of rotatable bonds is 6. The lowest BCUT2D eigenvalue weighted by Crippen LogP contribution is -2.27. The number of carbonyl (C=O) groups excluding carboxylic acids is 1. The van der Waals surface area contributed by atoms with Gasteiger partial charge in [-0.1, -0.05) is 18.2 Å². The molecule has 0 aliphatic carbocycles. The molecule has 21 heavy (non-hydrogen) atoms. The smallest absolute Gasteiger partial charge is 0.254 e. The fourth-order valence-corrected chi connectivity index (χ4v) is 2.81. The van der Waals surface area contributed by atoms with Gasteiger partial charge in [-0.15, -0.1) is 11.3 Å². The van der Waals surface area contributed by atoms with Crippen molar-refractivity contribution in [3.8, 4) is 0 Å². The Morgan fingerprint density at radius 1 is 1.38 bits per heavy atom. The van der Waals surface area contributed by atoms with Gasteiger partial charge in [0.25, 0.3) is 5.91 Å². The molecule has 0 spiro atoms. The number of thiazole rings is 1. The Bertz CT molecular complexity index is 609. The number of nitrogens with zero attached hydrogens (tertiary/aromatic N) is 2. The van der Waals surface area contributed by atoms with Gasteiger partial charge in [-0.05, 0) is 38.6 Å². The van der Waals surface area contributed by atoms with Crippen molar-refractivity contribution in [2.45, 2.75) is 19.9 Å². The number of amides is 1. The van der Waals surface area contributed by atoms with Crippen LogP contribution in [0, 0.1) is 6.92 Å². The van der Waals surface area contributed by atoms with Crippen LogP contribution in [-0.4, -0.2) is 36.4 Å². The van der Waals surface area contributed by atoms with Crippen LogP contribution in [0.25, 0.3) is 0 Å². The molecule has 0 radical (unpaired) electrons. The molecule has 1 amide bonds. The number of carbonyl (C=O) groups is 1. The lowest BCUT2D eigenvalue weighted by molar-refractivity contribution is 0.0782. The third kappa shape index (κ3) is 4.12. The molecule has 1 heterocycles. The van der Waals surface area contributed by atoms with E-state index < -0.39 is 0 Å². The van der Waals surface area contributed by atoms with Crippen LogP contribution >= 0.6 is 11.3 Å². The molecule has 0 saturated heterocycles. The number of benzene rings is 1. The van der Waals surface area contributed by atoms with Crippen LogP contribution in [0.5, 0.6) is 0 Å². The zero-order valence-electron chi connectivity index (χ0n) is 12.7. The van der Waals surface area contributed by atoms with Crippen LogP contribution < -0.4 is 5.32 Å². The summed E-state index contributed by atoms with van der Waals surface area (Å²) in [6.07, 6.45) is 0.849. The van der Waals surface area contributed by atoms with Crippen LogP contribution in [0.1, 0.15) is 26.6 Å². The van der Waals surface area contributed by atoms with E-state index >= 15 is 0 Å². The van der Waals surface area contributed by atoms with Gasteiger partial charge >= 0.3 is 0 Å². The SMILES string of the molecule is CNCCc1ccccc1C(=O)N(C)Cc1csc(C)n1. The van der Waals surface area contributed by atoms with Crippen molar-refractivity contribution < 1.29 is 4.79 Å². The molecular formula is C16H21N3OS. The summed E-state index contributed by atoms with van der Waals surface area (Å²) < 4.78 is 0. The van der Waals surface area contributed by atoms with E-state index in [-0.39, 0.29) is 5.91 Å². The van der Waals surface area contributed by atoms with Gasteiger partial charge in [0.05, 0.1) is 17.2 Å². The Hall–Kier alpha value is -1.72. The van der Waals surface area contributed by atoms with E-state index in [2.05, 4.69) is 10.3 Å². The summed E-state index contributed by atoms with van der Waals surface area (Å²) in [5.74, 6) is 0.0485. The molecule has 0 unspecified atom stereocenters. The highest BCUT2D eigenvalue weighted by molar-refractivity contribution is 7.09. The summed E-state index contributed by atoms with van der Waals surface area (Å²) in [6.45, 7) is 3.38. The maximum Gasteiger partial charge on any atom is 0.254 e. The van der Waals surface area contributed by atoms with Gasteiger partial charge in [0, 0.05) is 18.0 Å². The minimum Gasteiger partial charge on any atom is -0.336 e. The first-order valence-electron chi connectivity index (χ1n) is 7.00. The molecule has 0 aliphatic rings. The third-order valence-corrected chi connectivity index (χ3v) is 4.13. The van der Waals surface area contributed by atoms with Gasteiger partial charge in [-0.25, -0.2) is 4.98 Å². The van der Waals surface area contributed by atoms with Crippen LogP contribution in [-0.2, 0) is 13.0 Å². The van der Waals surface area contributed by atoms with Gasteiger partial charge in [0.15, 0.2) is 0 Å². The Morgan fingerprint density at radius 3 is 2.81 bits per heavy atom. The van der Waals surface area contributed by atoms with E-state index in [1.807, 2.05) is 50.7 Å². The second-order valence-electron chi connectivity index (χ2n) is 5.03. The molecule has 0 atom stereocenters. The predicted molar refractivity (Wildman–Crippen MR) is 86.7 cm³/mol. The molecular weight excluding hydrogens is 282 g/mol. The number of likely N-dealkylation sites (N-methyl/N-ethyl adjacent to an activating group) is 1. The maximum absolute atomic E-state index is 12.6. The highest BCUT2D eigenvalue weighted by Crippen LogP contribution is 2.15. The van der Waals surface area contributed by atoms with E-state index in [9.17, 15) is 4.79 Å². The molecule has 112 valence electrons. The fraction of sp³-hybridized carbons (Fsp3) is 0.375. The average Bonchev–Trinajstić information content (AvgIpc) is 2.89. The number of nitrogens with one attached hydrogen (secondary N) is 1. The average molecular weight is 303 g/mol. The van der Waals surface area contributed by atoms with Crippen molar-refractivity contribution in [3.63, 3.8) is 0 Å². The molecule has 2 rings (SSSR count). The van der Waals surface area contributed by atoms with E-state index in [4.69, 9.17) is 0 Å². The molecule has 4 nitrogen and oxygen atoms in total. The number of aromatic nitrogens is 1. The highest BCUT2D eigenvalue weighted by atomic mass is 32.1. The fourth-order valence-electron chi connectivity index (χ4n) is 2.21. The number of hydrogen-bond acceptors (Lipinski definition) is 4. The molecule has 0 fully saturated rings. The van der Waals surface area contributed by atoms with E-state index in [0.29, 0.717) is 6.54 Å². The summed E-state index contributed by atoms with van der Waals surface area (Å²) in [5, 5.41) is 6.15. The van der Waals surface area contributed by atoms with Gasteiger partial charge in [0.1, 0.15) is 0 Å². The first kappa shape index (κ1) is 15.7. The van der Waals surface area contributed by atoms with Crippen LogP contribution in [0.4, 0.5) is 0 Å². The Morgan fingerprint density at radius 2 is 2.14 bits per heavy atom. The molecule has 1 aromatic heterocycles. The lowest BCUT2D eigenvalue weighted by atomic mass is 10.0. The second-order valence-corrected chi connectivity index (χ2v) is 6.09. The van der Waals surface area contributed by atoms with Crippen LogP contribution in [0.2, 0.25) is 0 Å². The summed E-state index contributed by atoms with van der Waals surface area (Å²) in [4.78, 5) is 18.8. The minimum absolute atomic E-state index is 0.0485. The summed E-state index contributed by atoms with van der Waals surface area (Å²) in [7, 11) is 3.74. The van der Waals surface area contributed by atoms with E-state index in [1.54, 1.807) is 16.2 Å². The summed E-state index contributed by atoms with van der Waals surface area (Å²) in [5.41, 5.74) is 2.81. The van der Waals surface area contributed by atoms with Crippen molar-refractivity contribution in [1.82, 2.24) is 15.2 Å².